The van der Waals surface area contributed by atoms with Gasteiger partial charge in [-0.1, -0.05) is 50.2 Å². The van der Waals surface area contributed by atoms with Crippen molar-refractivity contribution < 1.29 is 24.2 Å². The van der Waals surface area contributed by atoms with Crippen molar-refractivity contribution in [3.63, 3.8) is 0 Å². The van der Waals surface area contributed by atoms with Crippen molar-refractivity contribution in [2.24, 2.45) is 5.92 Å². The van der Waals surface area contributed by atoms with E-state index in [1.54, 1.807) is 35.6 Å². The normalized spacial score (nSPS) is 11.9. The Labute approximate surface area is 275 Å². The average Bonchev–Trinajstić information content (AvgIpc) is 3.77. The molecule has 0 fully saturated rings. The van der Waals surface area contributed by atoms with Gasteiger partial charge in [-0.25, -0.2) is 4.79 Å². The number of carbonyl (C=O) groups excluding carboxylic acids is 2. The Balaban J connectivity index is 1.37. The Morgan fingerprint density at radius 1 is 0.894 bits per heavy atom. The van der Waals surface area contributed by atoms with E-state index < -0.39 is 11.9 Å². The summed E-state index contributed by atoms with van der Waals surface area (Å²) in [6.45, 7) is 4.79. The predicted molar refractivity (Wildman–Crippen MR) is 185 cm³/mol. The van der Waals surface area contributed by atoms with Crippen LogP contribution in [0.3, 0.4) is 0 Å². The Morgan fingerprint density at radius 3 is 2.51 bits per heavy atom. The highest BCUT2D eigenvalue weighted by atomic mass is 32.1. The number of nitrogens with one attached hydrogen (secondary N) is 3. The van der Waals surface area contributed by atoms with Gasteiger partial charge < -0.3 is 25.5 Å². The molecule has 0 radical (unpaired) electrons. The van der Waals surface area contributed by atoms with Gasteiger partial charge in [0, 0.05) is 62.0 Å². The SMILES string of the molecule is CC(C)CNC(=O)c1ccc(-c2cc3c(cc2C(=O)Nc2ccc4[nH]ccc4c2-c2ccccc2)-c2sccc2CO3)c(C(=O)O)c1. The first-order valence-electron chi connectivity index (χ1n) is 15.3. The molecule has 0 bridgehead atoms. The molecule has 0 spiro atoms. The number of carboxylic acid groups (broad SMARTS) is 1. The van der Waals surface area contributed by atoms with E-state index in [0.717, 1.165) is 38.0 Å². The third-order valence-corrected chi connectivity index (χ3v) is 9.25. The van der Waals surface area contributed by atoms with Gasteiger partial charge in [0.1, 0.15) is 12.4 Å². The van der Waals surface area contributed by atoms with E-state index in [2.05, 4.69) is 15.6 Å². The largest absolute Gasteiger partial charge is 0.488 e. The molecule has 0 saturated heterocycles. The maximum Gasteiger partial charge on any atom is 0.336 e. The van der Waals surface area contributed by atoms with Crippen LogP contribution in [0.25, 0.3) is 43.6 Å². The van der Waals surface area contributed by atoms with Crippen molar-refractivity contribution in [2.45, 2.75) is 20.5 Å². The summed E-state index contributed by atoms with van der Waals surface area (Å²) >= 11 is 1.56. The molecule has 0 saturated carbocycles. The molecule has 47 heavy (non-hydrogen) atoms. The Kier molecular flexibility index (Phi) is 7.83. The standard InChI is InChI=1S/C38H31N3O5S/c1-21(2)19-40-36(42)23-8-9-25(29(16-23)38(44)45)27-18-33-30(35-24(20-46-33)13-15-47-35)17-28(27)37(43)41-32-11-10-31-26(12-14-39-31)34(32)22-6-4-3-5-7-22/h3-18,21,39H,19-20H2,1-2H3,(H,40,42)(H,41,43)(H,44,45). The number of carbonyl (C=O) groups is 3. The van der Waals surface area contributed by atoms with Crippen molar-refractivity contribution in [1.82, 2.24) is 10.3 Å². The van der Waals surface area contributed by atoms with E-state index in [0.29, 0.717) is 35.7 Å². The number of H-pyrrole nitrogens is 1. The van der Waals surface area contributed by atoms with Crippen LogP contribution in [0.5, 0.6) is 5.75 Å². The van der Waals surface area contributed by atoms with Crippen molar-refractivity contribution in [3.05, 3.63) is 119 Å². The number of anilines is 1. The van der Waals surface area contributed by atoms with Crippen LogP contribution < -0.4 is 15.4 Å². The minimum atomic E-state index is -1.21. The van der Waals surface area contributed by atoms with Crippen molar-refractivity contribution in [3.8, 4) is 38.4 Å². The zero-order valence-electron chi connectivity index (χ0n) is 25.7. The summed E-state index contributed by atoms with van der Waals surface area (Å²) < 4.78 is 6.12. The van der Waals surface area contributed by atoms with Gasteiger partial charge in [-0.3, -0.25) is 9.59 Å². The lowest BCUT2D eigenvalue weighted by molar-refractivity contribution is 0.0697. The summed E-state index contributed by atoms with van der Waals surface area (Å²) in [5, 5.41) is 19.3. The fourth-order valence-corrected chi connectivity index (χ4v) is 6.90. The minimum Gasteiger partial charge on any atom is -0.488 e. The molecule has 4 aromatic carbocycles. The average molecular weight is 642 g/mol. The molecule has 1 aliphatic heterocycles. The summed E-state index contributed by atoms with van der Waals surface area (Å²) in [6, 6.07) is 25.7. The predicted octanol–water partition coefficient (Wildman–Crippen LogP) is 8.46. The van der Waals surface area contributed by atoms with Gasteiger partial charge in [-0.15, -0.1) is 11.3 Å². The van der Waals surface area contributed by atoms with Crippen LogP contribution in [-0.2, 0) is 6.61 Å². The molecule has 1 aliphatic rings. The number of carboxylic acids is 1. The maximum atomic E-state index is 14.4. The number of benzene rings is 4. The molecule has 3 heterocycles. The summed E-state index contributed by atoms with van der Waals surface area (Å²) in [7, 11) is 0. The molecule has 6 aromatic rings. The number of amides is 2. The third kappa shape index (κ3) is 5.66. The number of rotatable bonds is 8. The lowest BCUT2D eigenvalue weighted by atomic mass is 9.90. The molecule has 234 valence electrons. The van der Waals surface area contributed by atoms with E-state index in [-0.39, 0.29) is 28.5 Å². The fourth-order valence-electron chi connectivity index (χ4n) is 5.97. The molecule has 4 N–H and O–H groups in total. The van der Waals surface area contributed by atoms with Crippen LogP contribution in [0.15, 0.2) is 96.5 Å². The van der Waals surface area contributed by atoms with Crippen LogP contribution in [0, 0.1) is 5.92 Å². The number of aromatic amines is 1. The molecule has 8 nitrogen and oxygen atoms in total. The number of fused-ring (bicyclic) bond motifs is 4. The number of aromatic nitrogens is 1. The lowest BCUT2D eigenvalue weighted by Crippen LogP contribution is -2.27. The van der Waals surface area contributed by atoms with Gasteiger partial charge in [-0.05, 0) is 76.5 Å². The molecular formula is C38H31N3O5S. The van der Waals surface area contributed by atoms with Gasteiger partial charge in [-0.2, -0.15) is 0 Å². The van der Waals surface area contributed by atoms with Crippen LogP contribution in [0.1, 0.15) is 50.5 Å². The zero-order chi connectivity index (χ0) is 32.7. The molecule has 0 aliphatic carbocycles. The Hall–Kier alpha value is -5.67. The first-order chi connectivity index (χ1) is 22.8. The van der Waals surface area contributed by atoms with Gasteiger partial charge >= 0.3 is 5.97 Å². The molecule has 7 rings (SSSR count). The van der Waals surface area contributed by atoms with E-state index in [1.165, 1.54) is 6.07 Å². The van der Waals surface area contributed by atoms with E-state index in [9.17, 15) is 19.5 Å². The Morgan fingerprint density at radius 2 is 1.72 bits per heavy atom. The van der Waals surface area contributed by atoms with E-state index >= 15 is 0 Å². The second kappa shape index (κ2) is 12.3. The first kappa shape index (κ1) is 30.0. The highest BCUT2D eigenvalue weighted by Crippen LogP contribution is 2.45. The van der Waals surface area contributed by atoms with Crippen LogP contribution in [0.4, 0.5) is 5.69 Å². The number of hydrogen-bond acceptors (Lipinski definition) is 5. The van der Waals surface area contributed by atoms with Crippen molar-refractivity contribution in [1.29, 1.82) is 0 Å². The topological polar surface area (TPSA) is 121 Å². The lowest BCUT2D eigenvalue weighted by Gasteiger charge is -2.22. The Bertz CT molecular complexity index is 2180. The maximum absolute atomic E-state index is 14.4. The van der Waals surface area contributed by atoms with E-state index in [4.69, 9.17) is 4.74 Å². The molecule has 0 unspecified atom stereocenters. The smallest absolute Gasteiger partial charge is 0.336 e. The second-order valence-electron chi connectivity index (χ2n) is 11.9. The molecule has 0 atom stereocenters. The second-order valence-corrected chi connectivity index (χ2v) is 12.8. The van der Waals surface area contributed by atoms with Crippen molar-refractivity contribution >= 4 is 45.7 Å². The minimum absolute atomic E-state index is 0.0949. The highest BCUT2D eigenvalue weighted by Gasteiger charge is 2.27. The number of ether oxygens (including phenoxy) is 1. The quantitative estimate of drug-likeness (QED) is 0.133. The van der Waals surface area contributed by atoms with Crippen molar-refractivity contribution in [2.75, 3.05) is 11.9 Å². The summed E-state index contributed by atoms with van der Waals surface area (Å²) in [6.07, 6.45) is 1.86. The van der Waals surface area contributed by atoms with Crippen LogP contribution >= 0.6 is 11.3 Å². The van der Waals surface area contributed by atoms with E-state index in [1.807, 2.05) is 80.0 Å². The molecule has 9 heteroatoms. The zero-order valence-corrected chi connectivity index (χ0v) is 26.5. The third-order valence-electron chi connectivity index (χ3n) is 8.26. The van der Waals surface area contributed by atoms with Gasteiger partial charge in [0.15, 0.2) is 0 Å². The summed E-state index contributed by atoms with van der Waals surface area (Å²) in [5.41, 5.74) is 6.23. The number of aromatic carboxylic acids is 1. The van der Waals surface area contributed by atoms with Gasteiger partial charge in [0.2, 0.25) is 0 Å². The molecule has 2 amide bonds. The fraction of sp³-hybridized carbons (Fsp3) is 0.132. The monoisotopic (exact) mass is 641 g/mol. The highest BCUT2D eigenvalue weighted by molar-refractivity contribution is 7.13. The van der Waals surface area contributed by atoms with Gasteiger partial charge in [0.05, 0.1) is 5.56 Å². The van der Waals surface area contributed by atoms with Crippen LogP contribution in [0.2, 0.25) is 0 Å². The molecular weight excluding hydrogens is 611 g/mol. The summed E-state index contributed by atoms with van der Waals surface area (Å²) in [4.78, 5) is 44.2. The number of thiophene rings is 1. The van der Waals surface area contributed by atoms with Gasteiger partial charge in [0.25, 0.3) is 11.8 Å². The summed E-state index contributed by atoms with van der Waals surface area (Å²) in [5.74, 6) is -1.20. The first-order valence-corrected chi connectivity index (χ1v) is 16.2. The number of hydrogen-bond donors (Lipinski definition) is 4. The molecule has 2 aromatic heterocycles. The van der Waals surface area contributed by atoms with Crippen LogP contribution in [-0.4, -0.2) is 34.4 Å².